The van der Waals surface area contributed by atoms with Crippen molar-refractivity contribution in [1.29, 1.82) is 0 Å². The van der Waals surface area contributed by atoms with Gasteiger partial charge in [0.15, 0.2) is 6.10 Å². The van der Waals surface area contributed by atoms with Crippen LogP contribution in [0.2, 0.25) is 0 Å². The van der Waals surface area contributed by atoms with Crippen molar-refractivity contribution in [3.05, 3.63) is 71.9 Å². The molecule has 4 atom stereocenters. The first-order valence-electron chi connectivity index (χ1n) is 15.2. The molecule has 2 aliphatic rings. The molecule has 22 heteroatoms. The van der Waals surface area contributed by atoms with Gasteiger partial charge < -0.3 is 41.9 Å². The van der Waals surface area contributed by atoms with Crippen molar-refractivity contribution >= 4 is 45.1 Å². The summed E-state index contributed by atoms with van der Waals surface area (Å²) in [7, 11) is -13.7. The van der Waals surface area contributed by atoms with Gasteiger partial charge in [0.05, 0.1) is 22.6 Å². The fourth-order valence-electron chi connectivity index (χ4n) is 4.80. The fourth-order valence-corrected chi connectivity index (χ4v) is 6.86. The van der Waals surface area contributed by atoms with Gasteiger partial charge in [0, 0.05) is 24.1 Å². The number of fused-ring (bicyclic) bond motifs is 3. The van der Waals surface area contributed by atoms with Gasteiger partial charge in [0.2, 0.25) is 38.2 Å². The Bertz CT molecular complexity index is 1920. The van der Waals surface area contributed by atoms with Crippen LogP contribution in [0.3, 0.4) is 0 Å². The molecular weight excluding hydrogens is 729 g/mol. The Kier molecular flexibility index (Phi) is 12.6. The molecule has 51 heavy (non-hydrogen) atoms. The topological polar surface area (TPSA) is 206 Å². The molecule has 5 rings (SSSR count). The highest BCUT2D eigenvalue weighted by atomic mass is 32.2. The number of carbonyl (C=O) groups excluding carboxylic acids is 2. The summed E-state index contributed by atoms with van der Waals surface area (Å²) in [6.07, 6.45) is -2.67. The summed E-state index contributed by atoms with van der Waals surface area (Å²) < 4.78 is 118. The largest absolute Gasteiger partial charge is 0.673 e. The minimum absolute atomic E-state index is 0.0595. The molecule has 0 saturated carbocycles. The number of hydrogen-bond donors (Lipinski definition) is 3. The van der Waals surface area contributed by atoms with Crippen molar-refractivity contribution in [2.45, 2.75) is 61.0 Å². The predicted molar refractivity (Wildman–Crippen MR) is 170 cm³/mol. The van der Waals surface area contributed by atoms with Crippen molar-refractivity contribution in [3.8, 4) is 6.01 Å². The number of carbonyl (C=O) groups is 2. The van der Waals surface area contributed by atoms with Gasteiger partial charge in [-0.15, -0.1) is 0 Å². The normalized spacial score (nSPS) is 19.6. The van der Waals surface area contributed by atoms with Crippen LogP contribution in [0.5, 0.6) is 6.01 Å². The third-order valence-electron chi connectivity index (χ3n) is 7.23. The van der Waals surface area contributed by atoms with E-state index in [4.69, 9.17) is 24.7 Å². The number of aryl methyl sites for hydroxylation is 2. The lowest BCUT2D eigenvalue weighted by molar-refractivity contribution is -0.746. The molecular formula is C29H34BF4N5O10S2. The van der Waals surface area contributed by atoms with Gasteiger partial charge in [-0.2, -0.15) is 4.57 Å². The summed E-state index contributed by atoms with van der Waals surface area (Å²) in [5.74, 6) is -1.27. The molecule has 2 aromatic carbocycles. The number of aromatic nitrogens is 2. The Morgan fingerprint density at radius 2 is 1.35 bits per heavy atom. The molecule has 0 spiro atoms. The number of hydrogen-bond acceptors (Lipinski definition) is 12. The van der Waals surface area contributed by atoms with E-state index in [1.807, 2.05) is 13.8 Å². The Morgan fingerprint density at radius 1 is 0.863 bits per heavy atom. The molecule has 0 aliphatic carbocycles. The van der Waals surface area contributed by atoms with E-state index in [-0.39, 0.29) is 54.2 Å². The van der Waals surface area contributed by atoms with E-state index in [9.17, 15) is 43.7 Å². The highest BCUT2D eigenvalue weighted by Gasteiger charge is 2.58. The maximum atomic E-state index is 12.9. The number of nitrogens with one attached hydrogen (secondary N) is 2. The van der Waals surface area contributed by atoms with E-state index in [0.717, 1.165) is 11.1 Å². The number of rotatable bonds is 13. The average molecular weight is 764 g/mol. The van der Waals surface area contributed by atoms with Crippen LogP contribution < -0.4 is 24.5 Å². The van der Waals surface area contributed by atoms with Gasteiger partial charge in [-0.1, -0.05) is 35.4 Å². The zero-order valence-electron chi connectivity index (χ0n) is 27.1. The smallest absolute Gasteiger partial charge is 0.463 e. The highest BCUT2D eigenvalue weighted by Crippen LogP contribution is 2.36. The van der Waals surface area contributed by atoms with Crippen LogP contribution in [0.1, 0.15) is 30.2 Å². The van der Waals surface area contributed by atoms with Crippen LogP contribution in [-0.2, 0) is 43.8 Å². The summed E-state index contributed by atoms with van der Waals surface area (Å²) >= 11 is 0. The second kappa shape index (κ2) is 16.3. The zero-order chi connectivity index (χ0) is 37.6. The fraction of sp³-hybridized carbons (Fsp3) is 0.379. The Morgan fingerprint density at radius 3 is 1.86 bits per heavy atom. The van der Waals surface area contributed by atoms with Crippen molar-refractivity contribution in [2.24, 2.45) is 0 Å². The van der Waals surface area contributed by atoms with Crippen molar-refractivity contribution in [1.82, 2.24) is 14.4 Å². The lowest BCUT2D eigenvalue weighted by Gasteiger charge is -2.21. The summed E-state index contributed by atoms with van der Waals surface area (Å²) in [4.78, 5) is 29.6. The molecule has 1 saturated heterocycles. The molecule has 0 amide bonds. The monoisotopic (exact) mass is 763 g/mol. The van der Waals surface area contributed by atoms with E-state index in [0.29, 0.717) is 0 Å². The summed E-state index contributed by atoms with van der Waals surface area (Å²) in [6.45, 7) is 2.89. The number of sulfonamides is 2. The van der Waals surface area contributed by atoms with Crippen LogP contribution in [0.4, 0.5) is 23.1 Å². The third kappa shape index (κ3) is 11.3. The maximum Gasteiger partial charge on any atom is 0.673 e. The van der Waals surface area contributed by atoms with E-state index in [1.54, 1.807) is 35.0 Å². The minimum Gasteiger partial charge on any atom is -0.463 e. The number of halogens is 4. The second-order valence-corrected chi connectivity index (χ2v) is 14.8. The Balaban J connectivity index is 0.00000109. The molecule has 4 N–H and O–H groups in total. The van der Waals surface area contributed by atoms with E-state index in [1.165, 1.54) is 30.3 Å². The van der Waals surface area contributed by atoms with Gasteiger partial charge in [0.1, 0.15) is 18.9 Å². The van der Waals surface area contributed by atoms with Gasteiger partial charge in [-0.3, -0.25) is 9.59 Å². The molecule has 15 nitrogen and oxygen atoms in total. The SMILES string of the molecule is Cc1ccc(S(=O)(=O)NCCC(=O)OC[C@H]2O[C@@H]3[C@H](Oc4nc(N)cc[n+]43)[C@@H]2OC(=O)CCNS(=O)(=O)c2ccc(C)cc2)cc1.F[B-](F)(F)F. The number of nitrogen functional groups attached to an aromatic ring is 1. The number of nitrogens with two attached hydrogens (primary N) is 1. The van der Waals surface area contributed by atoms with Crippen molar-refractivity contribution in [2.75, 3.05) is 25.4 Å². The molecule has 3 heterocycles. The summed E-state index contributed by atoms with van der Waals surface area (Å²) in [5.41, 5.74) is 7.56. The second-order valence-electron chi connectivity index (χ2n) is 11.2. The predicted octanol–water partition coefficient (Wildman–Crippen LogP) is 1.72. The lowest BCUT2D eigenvalue weighted by atomic mass is 10.1. The van der Waals surface area contributed by atoms with Gasteiger partial charge >= 0.3 is 25.2 Å². The first-order valence-corrected chi connectivity index (χ1v) is 18.1. The van der Waals surface area contributed by atoms with Crippen molar-refractivity contribution in [3.63, 3.8) is 0 Å². The maximum absolute atomic E-state index is 12.9. The number of ether oxygens (including phenoxy) is 4. The van der Waals surface area contributed by atoms with Crippen LogP contribution in [0.15, 0.2) is 70.6 Å². The molecule has 278 valence electrons. The number of nitrogens with zero attached hydrogens (tertiary/aromatic N) is 2. The van der Waals surface area contributed by atoms with E-state index in [2.05, 4.69) is 14.4 Å². The Hall–Kier alpha value is -4.38. The summed E-state index contributed by atoms with van der Waals surface area (Å²) in [6, 6.07) is 14.2. The standard InChI is InChI=1S/C29H33N5O10S2.BF4/c1-18-3-7-20(8-4-18)45(37,38)31-14-11-24(35)41-17-22-26(27-28(42-22)34-16-13-23(30)33-29(34)44-27)43-25(36)12-15-32-46(39,40)21-9-5-19(2)6-10-21;2-1(3,4)5/h3-10,13,16,22,26-28,30-32H,11-12,14-15,17H2,1-2H3;/q;-1/p+1/t22-,26-,27-,28-;/m1./s1. The summed E-state index contributed by atoms with van der Waals surface area (Å²) in [5, 5.41) is 0. The molecule has 0 radical (unpaired) electrons. The average Bonchev–Trinajstić information content (AvgIpc) is 3.54. The van der Waals surface area contributed by atoms with Crippen LogP contribution in [0, 0.1) is 13.8 Å². The lowest BCUT2D eigenvalue weighted by Crippen LogP contribution is -2.41. The quantitative estimate of drug-likeness (QED) is 0.0986. The number of benzene rings is 2. The van der Waals surface area contributed by atoms with E-state index >= 15 is 0 Å². The van der Waals surface area contributed by atoms with Crippen molar-refractivity contribution < 1.29 is 67.2 Å². The molecule has 0 unspecified atom stereocenters. The Labute approximate surface area is 290 Å². The van der Waals surface area contributed by atoms with Crippen LogP contribution >= 0.6 is 0 Å². The van der Waals surface area contributed by atoms with E-state index < -0.39 is 63.8 Å². The van der Waals surface area contributed by atoms with Crippen LogP contribution in [0.25, 0.3) is 0 Å². The molecule has 2 aliphatic heterocycles. The molecule has 3 aromatic rings. The molecule has 1 aromatic heterocycles. The first-order chi connectivity index (χ1) is 23.8. The van der Waals surface area contributed by atoms with Gasteiger partial charge in [-0.05, 0) is 38.1 Å². The zero-order valence-corrected chi connectivity index (χ0v) is 28.7. The first kappa shape index (κ1) is 39.4. The highest BCUT2D eigenvalue weighted by molar-refractivity contribution is 7.89. The third-order valence-corrected chi connectivity index (χ3v) is 10.2. The van der Waals surface area contributed by atoms with Crippen LogP contribution in [-0.4, -0.2) is 79.0 Å². The minimum atomic E-state index is -6.00. The molecule has 0 bridgehead atoms. The number of esters is 2. The van der Waals surface area contributed by atoms with Gasteiger partial charge in [0.25, 0.3) is 0 Å². The number of anilines is 1. The van der Waals surface area contributed by atoms with Gasteiger partial charge in [-0.25, -0.2) is 26.3 Å². The molecule has 1 fully saturated rings.